The van der Waals surface area contributed by atoms with E-state index in [1.165, 1.54) is 6.33 Å². The molecule has 0 saturated heterocycles. The molecule has 0 aliphatic rings. The van der Waals surface area contributed by atoms with Crippen molar-refractivity contribution in [1.29, 1.82) is 0 Å². The van der Waals surface area contributed by atoms with Gasteiger partial charge in [-0.1, -0.05) is 49.7 Å². The van der Waals surface area contributed by atoms with Gasteiger partial charge in [0.15, 0.2) is 11.6 Å². The number of anilines is 2. The Bertz CT molecular complexity index is 1370. The molecule has 2 N–H and O–H groups in total. The van der Waals surface area contributed by atoms with E-state index >= 15 is 0 Å². The third-order valence-corrected chi connectivity index (χ3v) is 5.80. The summed E-state index contributed by atoms with van der Waals surface area (Å²) in [5.74, 6) is 0.752. The van der Waals surface area contributed by atoms with Crippen molar-refractivity contribution >= 4 is 29.1 Å². The number of benzene rings is 1. The standard InChI is InChI=1S/C23H26ClN9O2/c1-12-15(18-25-11-26-22(30-18)29-14-9-27-33(6)10-14)7-8-16(17(12)24)13(2)28-19(34)20-31-21(32-35-20)23(3,4)5/h7-11,13H,1-6H3,(H,28,34)(H,25,26,29,30). The number of nitrogens with one attached hydrogen (secondary N) is 2. The van der Waals surface area contributed by atoms with Crippen LogP contribution in [0.15, 0.2) is 35.4 Å². The first-order valence-electron chi connectivity index (χ1n) is 10.9. The molecule has 12 heteroatoms. The van der Waals surface area contributed by atoms with Crippen molar-refractivity contribution in [1.82, 2.24) is 40.2 Å². The zero-order valence-electron chi connectivity index (χ0n) is 20.3. The van der Waals surface area contributed by atoms with Gasteiger partial charge in [-0.25, -0.2) is 9.97 Å². The summed E-state index contributed by atoms with van der Waals surface area (Å²) in [7, 11) is 1.82. The van der Waals surface area contributed by atoms with Crippen molar-refractivity contribution in [3.8, 4) is 11.4 Å². The van der Waals surface area contributed by atoms with Crippen LogP contribution in [0.4, 0.5) is 11.6 Å². The summed E-state index contributed by atoms with van der Waals surface area (Å²) in [6.45, 7) is 9.53. The van der Waals surface area contributed by atoms with Crippen molar-refractivity contribution in [3.63, 3.8) is 0 Å². The van der Waals surface area contributed by atoms with Gasteiger partial charge in [0.05, 0.1) is 17.9 Å². The molecule has 35 heavy (non-hydrogen) atoms. The number of halogens is 1. The Kier molecular flexibility index (Phi) is 6.53. The quantitative estimate of drug-likeness (QED) is 0.404. The largest absolute Gasteiger partial charge is 0.341 e. The number of aryl methyl sites for hydroxylation is 1. The van der Waals surface area contributed by atoms with Crippen molar-refractivity contribution in [3.05, 3.63) is 58.7 Å². The number of hydrogen-bond acceptors (Lipinski definition) is 9. The minimum Gasteiger partial charge on any atom is -0.341 e. The van der Waals surface area contributed by atoms with E-state index in [1.54, 1.807) is 10.9 Å². The Hall–Kier alpha value is -3.86. The van der Waals surface area contributed by atoms with Crippen LogP contribution in [-0.4, -0.2) is 40.8 Å². The SMILES string of the molecule is Cc1c(-c2ncnc(Nc3cnn(C)c3)n2)ccc(C(C)NC(=O)c2nc(C(C)(C)C)no2)c1Cl. The number of amides is 1. The van der Waals surface area contributed by atoms with Gasteiger partial charge in [0.25, 0.3) is 0 Å². The van der Waals surface area contributed by atoms with Crippen LogP contribution in [0.1, 0.15) is 61.4 Å². The highest BCUT2D eigenvalue weighted by molar-refractivity contribution is 6.32. The first-order valence-corrected chi connectivity index (χ1v) is 11.3. The third-order valence-electron chi connectivity index (χ3n) is 5.30. The minimum absolute atomic E-state index is 0.0925. The molecule has 1 aromatic carbocycles. The van der Waals surface area contributed by atoms with Crippen LogP contribution in [0.5, 0.6) is 0 Å². The Morgan fingerprint density at radius 2 is 1.97 bits per heavy atom. The maximum absolute atomic E-state index is 12.7. The van der Waals surface area contributed by atoms with Gasteiger partial charge in [-0.2, -0.15) is 15.1 Å². The molecule has 0 fully saturated rings. The maximum Gasteiger partial charge on any atom is 0.315 e. The average Bonchev–Trinajstić information content (AvgIpc) is 3.45. The molecule has 3 aromatic heterocycles. The number of carbonyl (C=O) groups is 1. The molecule has 0 radical (unpaired) electrons. The summed E-state index contributed by atoms with van der Waals surface area (Å²) in [5, 5.41) is 14.5. The van der Waals surface area contributed by atoms with Crippen LogP contribution in [-0.2, 0) is 12.5 Å². The number of nitrogens with zero attached hydrogens (tertiary/aromatic N) is 7. The molecular formula is C23H26ClN9O2. The van der Waals surface area contributed by atoms with Crippen LogP contribution in [0.2, 0.25) is 5.02 Å². The lowest BCUT2D eigenvalue weighted by Crippen LogP contribution is -2.27. The second kappa shape index (κ2) is 9.41. The fraction of sp³-hybridized carbons (Fsp3) is 0.348. The van der Waals surface area contributed by atoms with Crippen LogP contribution in [0.3, 0.4) is 0 Å². The summed E-state index contributed by atoms with van der Waals surface area (Å²) in [6, 6.07) is 3.29. The molecule has 0 aliphatic heterocycles. The number of rotatable bonds is 6. The molecule has 1 atom stereocenters. The highest BCUT2D eigenvalue weighted by Gasteiger charge is 2.25. The summed E-state index contributed by atoms with van der Waals surface area (Å²) in [5.41, 5.74) is 2.69. The maximum atomic E-state index is 12.7. The van der Waals surface area contributed by atoms with Crippen molar-refractivity contribution in [2.24, 2.45) is 7.05 Å². The highest BCUT2D eigenvalue weighted by Crippen LogP contribution is 2.33. The molecule has 4 rings (SSSR count). The van der Waals surface area contributed by atoms with E-state index in [-0.39, 0.29) is 11.3 Å². The lowest BCUT2D eigenvalue weighted by molar-refractivity contribution is 0.0895. The Labute approximate surface area is 207 Å². The van der Waals surface area contributed by atoms with Gasteiger partial charge >= 0.3 is 11.8 Å². The summed E-state index contributed by atoms with van der Waals surface area (Å²) in [4.78, 5) is 29.8. The average molecular weight is 496 g/mol. The molecule has 182 valence electrons. The normalized spacial score (nSPS) is 12.4. The van der Waals surface area contributed by atoms with Gasteiger partial charge in [0.2, 0.25) is 5.95 Å². The van der Waals surface area contributed by atoms with E-state index in [2.05, 4.69) is 40.8 Å². The fourth-order valence-corrected chi connectivity index (χ4v) is 3.67. The molecule has 1 unspecified atom stereocenters. The van der Waals surface area contributed by atoms with Gasteiger partial charge in [-0.15, -0.1) is 0 Å². The summed E-state index contributed by atoms with van der Waals surface area (Å²) < 4.78 is 6.81. The second-order valence-electron chi connectivity index (χ2n) is 9.17. The minimum atomic E-state index is -0.470. The number of aromatic nitrogens is 7. The molecule has 0 spiro atoms. The van der Waals surface area contributed by atoms with Crippen LogP contribution in [0.25, 0.3) is 11.4 Å². The molecule has 3 heterocycles. The predicted molar refractivity (Wildman–Crippen MR) is 130 cm³/mol. The van der Waals surface area contributed by atoms with Gasteiger partial charge in [-0.3, -0.25) is 9.48 Å². The van der Waals surface area contributed by atoms with E-state index in [1.807, 2.05) is 60.0 Å². The fourth-order valence-electron chi connectivity index (χ4n) is 3.34. The van der Waals surface area contributed by atoms with E-state index < -0.39 is 11.9 Å². The smallest absolute Gasteiger partial charge is 0.315 e. The van der Waals surface area contributed by atoms with Crippen LogP contribution in [0, 0.1) is 6.92 Å². The van der Waals surface area contributed by atoms with Gasteiger partial charge in [0.1, 0.15) is 6.33 Å². The van der Waals surface area contributed by atoms with E-state index in [0.29, 0.717) is 22.6 Å². The lowest BCUT2D eigenvalue weighted by Gasteiger charge is -2.17. The second-order valence-corrected chi connectivity index (χ2v) is 9.55. The third kappa shape index (κ3) is 5.29. The Morgan fingerprint density at radius 1 is 1.20 bits per heavy atom. The Balaban J connectivity index is 1.53. The van der Waals surface area contributed by atoms with Gasteiger partial charge in [-0.05, 0) is 25.0 Å². The summed E-state index contributed by atoms with van der Waals surface area (Å²) >= 11 is 6.71. The van der Waals surface area contributed by atoms with Crippen LogP contribution >= 0.6 is 11.6 Å². The predicted octanol–water partition coefficient (Wildman–Crippen LogP) is 4.15. The first-order chi connectivity index (χ1) is 16.5. The summed E-state index contributed by atoms with van der Waals surface area (Å²) in [6.07, 6.45) is 4.92. The molecule has 0 saturated carbocycles. The number of hydrogen-bond donors (Lipinski definition) is 2. The monoisotopic (exact) mass is 495 g/mol. The van der Waals surface area contributed by atoms with Crippen molar-refractivity contribution in [2.45, 2.75) is 46.1 Å². The van der Waals surface area contributed by atoms with Crippen LogP contribution < -0.4 is 10.6 Å². The highest BCUT2D eigenvalue weighted by atomic mass is 35.5. The first kappa shape index (κ1) is 24.3. The molecule has 4 aromatic rings. The molecule has 1 amide bonds. The zero-order valence-corrected chi connectivity index (χ0v) is 21.0. The lowest BCUT2D eigenvalue weighted by atomic mass is 9.96. The molecule has 11 nitrogen and oxygen atoms in total. The number of carbonyl (C=O) groups excluding carboxylic acids is 1. The van der Waals surface area contributed by atoms with Crippen molar-refractivity contribution < 1.29 is 9.32 Å². The van der Waals surface area contributed by atoms with E-state index in [0.717, 1.165) is 22.4 Å². The van der Waals surface area contributed by atoms with Crippen molar-refractivity contribution in [2.75, 3.05) is 5.32 Å². The topological polar surface area (TPSA) is 137 Å². The molecule has 0 aliphatic carbocycles. The van der Waals surface area contributed by atoms with E-state index in [4.69, 9.17) is 16.1 Å². The van der Waals surface area contributed by atoms with E-state index in [9.17, 15) is 4.79 Å². The Morgan fingerprint density at radius 3 is 2.63 bits per heavy atom. The molecular weight excluding hydrogens is 470 g/mol. The van der Waals surface area contributed by atoms with Gasteiger partial charge in [0, 0.05) is 29.2 Å². The van der Waals surface area contributed by atoms with Gasteiger partial charge < -0.3 is 15.2 Å². The zero-order chi connectivity index (χ0) is 25.3. The molecule has 0 bridgehead atoms.